The highest BCUT2D eigenvalue weighted by atomic mass is 32.2. The Morgan fingerprint density at radius 3 is 2.50 bits per heavy atom. The fourth-order valence-electron chi connectivity index (χ4n) is 2.75. The number of amides is 1. The third kappa shape index (κ3) is 6.84. The normalized spacial score (nSPS) is 15.0. The van der Waals surface area contributed by atoms with Gasteiger partial charge in [-0.1, -0.05) is 12.8 Å². The second-order valence-corrected chi connectivity index (χ2v) is 8.51. The summed E-state index contributed by atoms with van der Waals surface area (Å²) in [7, 11) is -1.82. The lowest BCUT2D eigenvalue weighted by molar-refractivity contribution is -0.123. The lowest BCUT2D eigenvalue weighted by Gasteiger charge is -2.16. The van der Waals surface area contributed by atoms with Crippen molar-refractivity contribution in [3.63, 3.8) is 0 Å². The van der Waals surface area contributed by atoms with Crippen molar-refractivity contribution in [2.45, 2.75) is 38.2 Å². The van der Waals surface area contributed by atoms with Gasteiger partial charge in [0.1, 0.15) is 5.75 Å². The van der Waals surface area contributed by atoms with E-state index in [0.717, 1.165) is 25.5 Å². The van der Waals surface area contributed by atoms with Gasteiger partial charge in [0.15, 0.2) is 6.61 Å². The second-order valence-electron chi connectivity index (χ2n) is 6.49. The van der Waals surface area contributed by atoms with Crippen molar-refractivity contribution < 1.29 is 22.7 Å². The standard InChI is InChI=1S/C18H28N2O5S/c1-20(26(2,22)23)15-8-10-17(11-9-15)25-14-18(21)19-12-5-13-24-16-6-3-4-7-16/h8-11,16H,3-7,12-14H2,1-2H3,(H,19,21). The molecular weight excluding hydrogens is 356 g/mol. The summed E-state index contributed by atoms with van der Waals surface area (Å²) in [5.41, 5.74) is 0.534. The van der Waals surface area contributed by atoms with Gasteiger partial charge in [0.05, 0.1) is 18.0 Å². The number of nitrogens with zero attached hydrogens (tertiary/aromatic N) is 1. The summed E-state index contributed by atoms with van der Waals surface area (Å²) in [6, 6.07) is 6.54. The smallest absolute Gasteiger partial charge is 0.257 e. The van der Waals surface area contributed by atoms with E-state index in [4.69, 9.17) is 9.47 Å². The van der Waals surface area contributed by atoms with Crippen LogP contribution in [0.2, 0.25) is 0 Å². The second kappa shape index (κ2) is 9.78. The zero-order valence-corrected chi connectivity index (χ0v) is 16.3. The molecule has 0 heterocycles. The summed E-state index contributed by atoms with van der Waals surface area (Å²) in [6.45, 7) is 1.15. The van der Waals surface area contributed by atoms with Crippen molar-refractivity contribution in [1.82, 2.24) is 5.32 Å². The summed E-state index contributed by atoms with van der Waals surface area (Å²) in [5, 5.41) is 2.80. The van der Waals surface area contributed by atoms with E-state index < -0.39 is 10.0 Å². The molecule has 1 aromatic carbocycles. The number of anilines is 1. The van der Waals surface area contributed by atoms with Gasteiger partial charge >= 0.3 is 0 Å². The Balaban J connectivity index is 1.62. The summed E-state index contributed by atoms with van der Waals surface area (Å²) < 4.78 is 35.3. The lowest BCUT2D eigenvalue weighted by atomic mass is 10.3. The molecule has 7 nitrogen and oxygen atoms in total. The van der Waals surface area contributed by atoms with Crippen LogP contribution in [0.3, 0.4) is 0 Å². The molecule has 1 N–H and O–H groups in total. The summed E-state index contributed by atoms with van der Waals surface area (Å²) >= 11 is 0. The Labute approximate surface area is 155 Å². The van der Waals surface area contributed by atoms with E-state index in [1.54, 1.807) is 24.3 Å². The Morgan fingerprint density at radius 1 is 1.23 bits per heavy atom. The van der Waals surface area contributed by atoms with Gasteiger partial charge in [0.25, 0.3) is 5.91 Å². The average molecular weight is 384 g/mol. The number of ether oxygens (including phenoxy) is 2. The molecule has 0 aliphatic heterocycles. The topological polar surface area (TPSA) is 84.9 Å². The first kappa shape index (κ1) is 20.5. The largest absolute Gasteiger partial charge is 0.484 e. The van der Waals surface area contributed by atoms with Crippen LogP contribution in [0.1, 0.15) is 32.1 Å². The zero-order chi connectivity index (χ0) is 19.0. The minimum Gasteiger partial charge on any atom is -0.484 e. The van der Waals surface area contributed by atoms with Crippen LogP contribution in [0.25, 0.3) is 0 Å². The number of carbonyl (C=O) groups excluding carboxylic acids is 1. The molecule has 8 heteroatoms. The van der Waals surface area contributed by atoms with Crippen LogP contribution in [0.15, 0.2) is 24.3 Å². The minimum absolute atomic E-state index is 0.0786. The summed E-state index contributed by atoms with van der Waals surface area (Å²) in [5.74, 6) is 0.318. The van der Waals surface area contributed by atoms with E-state index >= 15 is 0 Å². The van der Waals surface area contributed by atoms with E-state index in [1.165, 1.54) is 24.2 Å². The van der Waals surface area contributed by atoms with Gasteiger partial charge in [-0.2, -0.15) is 0 Å². The number of nitrogens with one attached hydrogen (secondary N) is 1. The van der Waals surface area contributed by atoms with Crippen LogP contribution in [0.4, 0.5) is 5.69 Å². The molecule has 0 aromatic heterocycles. The number of rotatable bonds is 10. The van der Waals surface area contributed by atoms with E-state index in [9.17, 15) is 13.2 Å². The first-order valence-corrected chi connectivity index (χ1v) is 10.8. The van der Waals surface area contributed by atoms with Crippen molar-refractivity contribution in [1.29, 1.82) is 0 Å². The molecule has 0 spiro atoms. The van der Waals surface area contributed by atoms with Crippen molar-refractivity contribution in [2.24, 2.45) is 0 Å². The molecule has 0 bridgehead atoms. The molecule has 0 radical (unpaired) electrons. The van der Waals surface area contributed by atoms with Gasteiger partial charge in [0.2, 0.25) is 10.0 Å². The first-order valence-electron chi connectivity index (χ1n) is 8.91. The Hall–Kier alpha value is -1.80. The molecule has 146 valence electrons. The molecule has 2 rings (SSSR count). The third-order valence-electron chi connectivity index (χ3n) is 4.37. The van der Waals surface area contributed by atoms with Crippen molar-refractivity contribution in [3.8, 4) is 5.75 Å². The Bertz CT molecular complexity index is 669. The molecule has 1 aromatic rings. The van der Waals surface area contributed by atoms with Crippen molar-refractivity contribution in [3.05, 3.63) is 24.3 Å². The number of sulfonamides is 1. The monoisotopic (exact) mass is 384 g/mol. The molecule has 0 unspecified atom stereocenters. The van der Waals surface area contributed by atoms with Gasteiger partial charge in [-0.25, -0.2) is 8.42 Å². The van der Waals surface area contributed by atoms with E-state index in [1.807, 2.05) is 0 Å². The predicted octanol–water partition coefficient (Wildman–Crippen LogP) is 1.93. The van der Waals surface area contributed by atoms with Gasteiger partial charge < -0.3 is 14.8 Å². The molecule has 1 fully saturated rings. The van der Waals surface area contributed by atoms with Crippen LogP contribution in [0.5, 0.6) is 5.75 Å². The number of hydrogen-bond donors (Lipinski definition) is 1. The maximum atomic E-state index is 11.8. The minimum atomic E-state index is -3.30. The molecule has 1 amide bonds. The van der Waals surface area contributed by atoms with Crippen LogP contribution < -0.4 is 14.4 Å². The van der Waals surface area contributed by atoms with E-state index in [2.05, 4.69) is 5.32 Å². The van der Waals surface area contributed by atoms with Crippen LogP contribution in [0, 0.1) is 0 Å². The fourth-order valence-corrected chi connectivity index (χ4v) is 3.25. The number of carbonyl (C=O) groups is 1. The molecule has 1 aliphatic carbocycles. The molecule has 26 heavy (non-hydrogen) atoms. The predicted molar refractivity (Wildman–Crippen MR) is 101 cm³/mol. The van der Waals surface area contributed by atoms with Crippen LogP contribution in [-0.2, 0) is 19.6 Å². The molecular formula is C18H28N2O5S. The number of benzene rings is 1. The maximum Gasteiger partial charge on any atom is 0.257 e. The van der Waals surface area contributed by atoms with Gasteiger partial charge in [-0.05, 0) is 43.5 Å². The van der Waals surface area contributed by atoms with Gasteiger partial charge in [-0.15, -0.1) is 0 Å². The van der Waals surface area contributed by atoms with E-state index in [0.29, 0.717) is 30.7 Å². The molecule has 1 aliphatic rings. The molecule has 0 saturated heterocycles. The first-order chi connectivity index (χ1) is 12.4. The quantitative estimate of drug-likeness (QED) is 0.623. The molecule has 1 saturated carbocycles. The number of hydrogen-bond acceptors (Lipinski definition) is 5. The lowest BCUT2D eigenvalue weighted by Crippen LogP contribution is -2.30. The Kier molecular flexibility index (Phi) is 7.71. The van der Waals surface area contributed by atoms with E-state index in [-0.39, 0.29) is 12.5 Å². The highest BCUT2D eigenvalue weighted by molar-refractivity contribution is 7.92. The third-order valence-corrected chi connectivity index (χ3v) is 5.57. The van der Waals surface area contributed by atoms with Crippen molar-refractivity contribution >= 4 is 21.6 Å². The SMILES string of the molecule is CN(c1ccc(OCC(=O)NCCCOC2CCCC2)cc1)S(C)(=O)=O. The zero-order valence-electron chi connectivity index (χ0n) is 15.4. The van der Waals surface area contributed by atoms with Crippen LogP contribution >= 0.6 is 0 Å². The summed E-state index contributed by atoms with van der Waals surface area (Å²) in [4.78, 5) is 11.8. The van der Waals surface area contributed by atoms with Gasteiger partial charge in [0, 0.05) is 20.2 Å². The van der Waals surface area contributed by atoms with Crippen molar-refractivity contribution in [2.75, 3.05) is 37.4 Å². The van der Waals surface area contributed by atoms with Crippen LogP contribution in [-0.4, -0.2) is 53.5 Å². The highest BCUT2D eigenvalue weighted by Gasteiger charge is 2.15. The fraction of sp³-hybridized carbons (Fsp3) is 0.611. The highest BCUT2D eigenvalue weighted by Crippen LogP contribution is 2.21. The summed E-state index contributed by atoms with van der Waals surface area (Å²) in [6.07, 6.45) is 7.14. The maximum absolute atomic E-state index is 11.8. The molecule has 0 atom stereocenters. The van der Waals surface area contributed by atoms with Gasteiger partial charge in [-0.3, -0.25) is 9.10 Å². The average Bonchev–Trinajstić information content (AvgIpc) is 3.12. The Morgan fingerprint density at radius 2 is 1.88 bits per heavy atom.